The zero-order valence-electron chi connectivity index (χ0n) is 25.2. The lowest BCUT2D eigenvalue weighted by atomic mass is 9.95. The molecule has 1 aromatic heterocycles. The van der Waals surface area contributed by atoms with E-state index in [-0.39, 0.29) is 29.3 Å². The number of nitrogens with zero attached hydrogens (tertiary/aromatic N) is 2. The normalized spacial score (nSPS) is 13.2. The minimum atomic E-state index is -3.94. The summed E-state index contributed by atoms with van der Waals surface area (Å²) >= 11 is 1.26. The van der Waals surface area contributed by atoms with Crippen molar-refractivity contribution in [1.82, 2.24) is 14.6 Å². The number of anilines is 1. The molecule has 2 unspecified atom stereocenters. The van der Waals surface area contributed by atoms with E-state index in [1.807, 2.05) is 11.8 Å². The number of benzene rings is 1. The van der Waals surface area contributed by atoms with E-state index in [0.29, 0.717) is 42.3 Å². The number of nitrogen functional groups attached to an aromatic ring is 1. The van der Waals surface area contributed by atoms with Crippen molar-refractivity contribution in [3.63, 3.8) is 0 Å². The summed E-state index contributed by atoms with van der Waals surface area (Å²) in [6, 6.07) is 6.39. The summed E-state index contributed by atoms with van der Waals surface area (Å²) in [6.45, 7) is 11.5. The summed E-state index contributed by atoms with van der Waals surface area (Å²) in [6.07, 6.45) is 6.78. The van der Waals surface area contributed by atoms with Gasteiger partial charge in [-0.1, -0.05) is 65.5 Å². The first kappa shape index (κ1) is 34.7. The fraction of sp³-hybridized carbons (Fsp3) is 0.633. The molecule has 0 radical (unpaired) electrons. The second-order valence-electron chi connectivity index (χ2n) is 10.7. The maximum Gasteiger partial charge on any atom is 0.284 e. The number of ether oxygens (including phenoxy) is 1. The zero-order valence-corrected chi connectivity index (χ0v) is 26.9. The number of hydrogen-bond donors (Lipinski definition) is 2. The van der Waals surface area contributed by atoms with E-state index in [0.717, 1.165) is 38.5 Å². The minimum absolute atomic E-state index is 0.0205. The average molecular weight is 609 g/mol. The first-order valence-corrected chi connectivity index (χ1v) is 17.3. The molecule has 9 nitrogen and oxygen atoms in total. The summed E-state index contributed by atoms with van der Waals surface area (Å²) < 4.78 is 33.5. The Bertz CT molecular complexity index is 1180. The first-order chi connectivity index (χ1) is 19.5. The molecule has 0 aliphatic carbocycles. The number of carbonyl (C=O) groups excluding carboxylic acids is 2. The molecule has 0 aliphatic rings. The lowest BCUT2D eigenvalue weighted by Crippen LogP contribution is -2.45. The molecule has 2 rings (SSSR count). The summed E-state index contributed by atoms with van der Waals surface area (Å²) in [4.78, 5) is 32.7. The van der Waals surface area contributed by atoms with Gasteiger partial charge in [-0.3, -0.25) is 9.59 Å². The third kappa shape index (κ3) is 11.7. The van der Waals surface area contributed by atoms with E-state index in [1.54, 1.807) is 29.6 Å². The van der Waals surface area contributed by atoms with Crippen LogP contribution in [0.5, 0.6) is 0 Å². The molecule has 11 heteroatoms. The number of hydrogen-bond acceptors (Lipinski definition) is 8. The highest BCUT2D eigenvalue weighted by Crippen LogP contribution is 2.31. The van der Waals surface area contributed by atoms with Gasteiger partial charge in [0.15, 0.2) is 0 Å². The smallest absolute Gasteiger partial charge is 0.284 e. The molecule has 0 spiro atoms. The van der Waals surface area contributed by atoms with Gasteiger partial charge in [-0.2, -0.15) is 0 Å². The number of rotatable bonds is 19. The van der Waals surface area contributed by atoms with Crippen LogP contribution in [0.15, 0.2) is 29.6 Å². The topological polar surface area (TPSA) is 132 Å². The highest BCUT2D eigenvalue weighted by Gasteiger charge is 2.31. The van der Waals surface area contributed by atoms with Gasteiger partial charge in [0, 0.05) is 43.1 Å². The number of carbonyl (C=O) groups is 2. The summed E-state index contributed by atoms with van der Waals surface area (Å²) in [5.74, 6) is -0.780. The molecule has 0 bridgehead atoms. The van der Waals surface area contributed by atoms with Crippen LogP contribution in [0.4, 0.5) is 5.69 Å². The van der Waals surface area contributed by atoms with Crippen LogP contribution in [0.1, 0.15) is 113 Å². The van der Waals surface area contributed by atoms with Crippen molar-refractivity contribution in [3.8, 4) is 0 Å². The average Bonchev–Trinajstić information content (AvgIpc) is 3.41. The molecular formula is C30H48N4O5S2. The van der Waals surface area contributed by atoms with Gasteiger partial charge in [0.05, 0.1) is 5.75 Å². The van der Waals surface area contributed by atoms with E-state index in [4.69, 9.17) is 10.5 Å². The van der Waals surface area contributed by atoms with Crippen LogP contribution >= 0.6 is 11.3 Å². The van der Waals surface area contributed by atoms with Crippen molar-refractivity contribution in [2.75, 3.05) is 18.9 Å². The largest absolute Gasteiger partial charge is 0.399 e. The van der Waals surface area contributed by atoms with Crippen LogP contribution in [0.3, 0.4) is 0 Å². The molecule has 3 N–H and O–H groups in total. The summed E-state index contributed by atoms with van der Waals surface area (Å²) in [7, 11) is -3.94. The second-order valence-corrected chi connectivity index (χ2v) is 13.4. The lowest BCUT2D eigenvalue weighted by Gasteiger charge is -2.36. The number of unbranched alkanes of at least 4 members (excludes halogenated alkanes) is 4. The fourth-order valence-electron chi connectivity index (χ4n) is 4.68. The van der Waals surface area contributed by atoms with Crippen molar-refractivity contribution >= 4 is 38.9 Å². The number of aromatic nitrogens is 1. The highest BCUT2D eigenvalue weighted by atomic mass is 32.2. The van der Waals surface area contributed by atoms with Crippen LogP contribution < -0.4 is 10.5 Å². The van der Waals surface area contributed by atoms with E-state index >= 15 is 0 Å². The van der Waals surface area contributed by atoms with Gasteiger partial charge in [-0.15, -0.1) is 11.3 Å². The Hall–Kier alpha value is -2.50. The van der Waals surface area contributed by atoms with Gasteiger partial charge < -0.3 is 15.4 Å². The van der Waals surface area contributed by atoms with Crippen molar-refractivity contribution < 1.29 is 22.7 Å². The van der Waals surface area contributed by atoms with Gasteiger partial charge in [-0.05, 0) is 43.4 Å². The Morgan fingerprint density at radius 2 is 1.73 bits per heavy atom. The number of nitrogens with one attached hydrogen (secondary N) is 1. The minimum Gasteiger partial charge on any atom is -0.399 e. The number of thiazole rings is 1. The second kappa shape index (κ2) is 17.5. The standard InChI is InChI=1S/C30H48N4O5S2/c1-6-9-11-12-18-34(28(35)13-10-7-2)26(22(4)5)19-27(39-8-3)30-32-25(20-40-30)29(36)33-41(37,38)21-23-14-16-24(31)17-15-23/h14-17,20,22,26-27H,6-13,18-19,21,31H2,1-5H3,(H,33,36). The van der Waals surface area contributed by atoms with Crippen LogP contribution in [-0.4, -0.2) is 49.3 Å². The van der Waals surface area contributed by atoms with Crippen LogP contribution in [0.25, 0.3) is 0 Å². The maximum atomic E-state index is 13.3. The van der Waals surface area contributed by atoms with Gasteiger partial charge in [-0.25, -0.2) is 18.1 Å². The van der Waals surface area contributed by atoms with Crippen LogP contribution in [0.2, 0.25) is 0 Å². The van der Waals surface area contributed by atoms with Crippen molar-refractivity contribution in [3.05, 3.63) is 45.9 Å². The van der Waals surface area contributed by atoms with Gasteiger partial charge in [0.2, 0.25) is 15.9 Å². The number of sulfonamides is 1. The SMILES string of the molecule is CCCCCCN(C(=O)CCCC)C(CC(OCC)c1nc(C(=O)NS(=O)(=O)Cc2ccc(N)cc2)cs1)C(C)C. The highest BCUT2D eigenvalue weighted by molar-refractivity contribution is 7.89. The van der Waals surface area contributed by atoms with Crippen LogP contribution in [-0.2, 0) is 25.3 Å². The Morgan fingerprint density at radius 3 is 2.34 bits per heavy atom. The summed E-state index contributed by atoms with van der Waals surface area (Å²) in [5.41, 5.74) is 6.73. The third-order valence-corrected chi connectivity index (χ3v) is 9.07. The van der Waals surface area contributed by atoms with Gasteiger partial charge in [0.25, 0.3) is 5.91 Å². The fourth-order valence-corrected chi connectivity index (χ4v) is 6.63. The van der Waals surface area contributed by atoms with Crippen LogP contribution in [0, 0.1) is 5.92 Å². The molecule has 2 atom stereocenters. The number of nitrogens with two attached hydrogens (primary N) is 1. The predicted octanol–water partition coefficient (Wildman–Crippen LogP) is 6.08. The quantitative estimate of drug-likeness (QED) is 0.146. The molecule has 230 valence electrons. The van der Waals surface area contributed by atoms with E-state index in [9.17, 15) is 18.0 Å². The Kier molecular flexibility index (Phi) is 14.8. The first-order valence-electron chi connectivity index (χ1n) is 14.8. The molecule has 0 aliphatic heterocycles. The van der Waals surface area contributed by atoms with E-state index < -0.39 is 22.0 Å². The van der Waals surface area contributed by atoms with Gasteiger partial charge in [0.1, 0.15) is 16.8 Å². The van der Waals surface area contributed by atoms with Gasteiger partial charge >= 0.3 is 0 Å². The van der Waals surface area contributed by atoms with Crippen molar-refractivity contribution in [1.29, 1.82) is 0 Å². The van der Waals surface area contributed by atoms with Crippen molar-refractivity contribution in [2.24, 2.45) is 5.92 Å². The maximum absolute atomic E-state index is 13.3. The van der Waals surface area contributed by atoms with E-state index in [1.165, 1.54) is 11.3 Å². The molecule has 1 heterocycles. The zero-order chi connectivity index (χ0) is 30.4. The molecule has 2 amide bonds. The molecule has 1 aromatic carbocycles. The predicted molar refractivity (Wildman–Crippen MR) is 166 cm³/mol. The third-order valence-electron chi connectivity index (χ3n) is 6.93. The Morgan fingerprint density at radius 1 is 1.05 bits per heavy atom. The summed E-state index contributed by atoms with van der Waals surface area (Å²) in [5, 5.41) is 2.14. The van der Waals surface area contributed by atoms with E-state index in [2.05, 4.69) is 37.4 Å². The molecule has 0 saturated carbocycles. The Labute approximate surface area is 250 Å². The lowest BCUT2D eigenvalue weighted by molar-refractivity contribution is -0.135. The number of amides is 2. The Balaban J connectivity index is 2.20. The molecule has 2 aromatic rings. The monoisotopic (exact) mass is 608 g/mol. The molecule has 0 fully saturated rings. The molecular weight excluding hydrogens is 560 g/mol. The van der Waals surface area contributed by atoms with Crippen molar-refractivity contribution in [2.45, 2.75) is 104 Å². The molecule has 41 heavy (non-hydrogen) atoms. The molecule has 0 saturated heterocycles.